The van der Waals surface area contributed by atoms with Crippen LogP contribution in [0.25, 0.3) is 0 Å². The van der Waals surface area contributed by atoms with Crippen molar-refractivity contribution in [2.24, 2.45) is 4.99 Å². The molecule has 4 rings (SSSR count). The van der Waals surface area contributed by atoms with Crippen molar-refractivity contribution in [3.63, 3.8) is 0 Å². The molecular weight excluding hydrogens is 362 g/mol. The van der Waals surface area contributed by atoms with Crippen LogP contribution in [0.3, 0.4) is 0 Å². The zero-order valence-corrected chi connectivity index (χ0v) is 16.4. The van der Waals surface area contributed by atoms with Crippen molar-refractivity contribution in [3.8, 4) is 0 Å². The number of aryl methyl sites for hydroxylation is 1. The maximum absolute atomic E-state index is 12.6. The Kier molecular flexibility index (Phi) is 5.58. The van der Waals surface area contributed by atoms with Crippen molar-refractivity contribution >= 4 is 11.5 Å². The number of pyridine rings is 2. The third-order valence-corrected chi connectivity index (χ3v) is 5.22. The van der Waals surface area contributed by atoms with Gasteiger partial charge in [-0.15, -0.1) is 0 Å². The Morgan fingerprint density at radius 1 is 1.14 bits per heavy atom. The minimum atomic E-state index is -0.178. The van der Waals surface area contributed by atoms with Crippen LogP contribution in [0.15, 0.2) is 65.9 Å². The van der Waals surface area contributed by atoms with Gasteiger partial charge in [-0.05, 0) is 36.2 Å². The minimum Gasteiger partial charge on any atom is -0.396 e. The summed E-state index contributed by atoms with van der Waals surface area (Å²) in [6, 6.07) is 15.6. The number of aliphatic hydroxyl groups is 1. The average Bonchev–Trinajstić information content (AvgIpc) is 3.16. The molecule has 1 aromatic carbocycles. The number of rotatable bonds is 7. The van der Waals surface area contributed by atoms with E-state index in [0.29, 0.717) is 13.0 Å². The number of hydrogen-bond donors (Lipinski definition) is 1. The van der Waals surface area contributed by atoms with E-state index >= 15 is 0 Å². The number of carbonyl (C=O) groups is 1. The van der Waals surface area contributed by atoms with Crippen LogP contribution in [0.5, 0.6) is 0 Å². The fourth-order valence-electron chi connectivity index (χ4n) is 3.74. The molecule has 1 N–H and O–H groups in total. The largest absolute Gasteiger partial charge is 0.396 e. The Hall–Kier alpha value is -3.18. The molecule has 0 aliphatic carbocycles. The van der Waals surface area contributed by atoms with Gasteiger partial charge in [-0.25, -0.2) is 0 Å². The molecular formula is C24H23N3O2. The molecule has 1 aliphatic heterocycles. The highest BCUT2D eigenvalue weighted by molar-refractivity contribution is 6.15. The number of Topliss-reactive ketones (excluding diaryl/α,β-unsaturated/α-hetero) is 1. The number of fused-ring (bicyclic) bond motifs is 1. The quantitative estimate of drug-likeness (QED) is 0.676. The first kappa shape index (κ1) is 19.2. The van der Waals surface area contributed by atoms with Crippen LogP contribution < -0.4 is 0 Å². The van der Waals surface area contributed by atoms with Crippen molar-refractivity contribution < 1.29 is 9.90 Å². The molecule has 0 saturated heterocycles. The van der Waals surface area contributed by atoms with Crippen LogP contribution in [0, 0.1) is 6.92 Å². The third kappa shape index (κ3) is 4.30. The molecule has 2 aromatic heterocycles. The number of aliphatic hydroxyl groups excluding tert-OH is 1. The van der Waals surface area contributed by atoms with Crippen LogP contribution >= 0.6 is 0 Å². The lowest BCUT2D eigenvalue weighted by Crippen LogP contribution is -2.13. The summed E-state index contributed by atoms with van der Waals surface area (Å²) in [4.78, 5) is 26.0. The fraction of sp³-hybridized carbons (Fsp3) is 0.250. The average molecular weight is 385 g/mol. The number of ketones is 1. The molecule has 0 saturated carbocycles. The van der Waals surface area contributed by atoms with Gasteiger partial charge in [0.05, 0.1) is 18.9 Å². The van der Waals surface area contributed by atoms with E-state index in [2.05, 4.69) is 15.0 Å². The van der Waals surface area contributed by atoms with E-state index in [1.807, 2.05) is 61.7 Å². The molecule has 0 radical (unpaired) electrons. The van der Waals surface area contributed by atoms with Gasteiger partial charge in [-0.1, -0.05) is 30.3 Å². The molecule has 146 valence electrons. The highest BCUT2D eigenvalue weighted by Crippen LogP contribution is 2.24. The van der Waals surface area contributed by atoms with Gasteiger partial charge in [0.1, 0.15) is 5.78 Å². The Balaban J connectivity index is 1.46. The minimum absolute atomic E-state index is 0.0457. The first-order valence-electron chi connectivity index (χ1n) is 9.77. The topological polar surface area (TPSA) is 75.4 Å². The monoisotopic (exact) mass is 385 g/mol. The number of hydrogen-bond acceptors (Lipinski definition) is 5. The second kappa shape index (κ2) is 8.45. The molecule has 0 fully saturated rings. The summed E-state index contributed by atoms with van der Waals surface area (Å²) in [6.07, 6.45) is 4.17. The molecule has 0 bridgehead atoms. The molecule has 29 heavy (non-hydrogen) atoms. The van der Waals surface area contributed by atoms with E-state index in [4.69, 9.17) is 0 Å². The fourth-order valence-corrected chi connectivity index (χ4v) is 3.74. The van der Waals surface area contributed by atoms with Crippen molar-refractivity contribution in [2.45, 2.75) is 32.2 Å². The molecule has 3 aromatic rings. The molecule has 3 heterocycles. The second-order valence-electron chi connectivity index (χ2n) is 7.39. The Labute approximate surface area is 170 Å². The SMILES string of the molecule is Cc1cc(C2=NCc3cc(CC(=O)C[C@@H](CO)c4ccccc4)ncc32)ccn1. The van der Waals surface area contributed by atoms with Gasteiger partial charge in [-0.3, -0.25) is 19.8 Å². The molecule has 1 atom stereocenters. The maximum Gasteiger partial charge on any atom is 0.139 e. The predicted molar refractivity (Wildman–Crippen MR) is 112 cm³/mol. The van der Waals surface area contributed by atoms with Gasteiger partial charge in [0.15, 0.2) is 0 Å². The molecule has 0 unspecified atom stereocenters. The van der Waals surface area contributed by atoms with Crippen LogP contribution in [0.2, 0.25) is 0 Å². The third-order valence-electron chi connectivity index (χ3n) is 5.22. The number of nitrogens with zero attached hydrogens (tertiary/aromatic N) is 3. The first-order chi connectivity index (χ1) is 14.1. The van der Waals surface area contributed by atoms with E-state index < -0.39 is 0 Å². The number of carbonyl (C=O) groups excluding carboxylic acids is 1. The van der Waals surface area contributed by atoms with E-state index in [9.17, 15) is 9.90 Å². The van der Waals surface area contributed by atoms with E-state index in [0.717, 1.165) is 39.4 Å². The summed E-state index contributed by atoms with van der Waals surface area (Å²) in [6.45, 7) is 2.51. The molecule has 5 nitrogen and oxygen atoms in total. The Morgan fingerprint density at radius 2 is 1.97 bits per heavy atom. The summed E-state index contributed by atoms with van der Waals surface area (Å²) < 4.78 is 0. The standard InChI is InChI=1S/C24H23N3O2/c1-16-9-18(7-8-25-16)24-23-14-26-21(10-19(23)13-27-24)12-22(29)11-20(15-28)17-5-3-2-4-6-17/h2-10,14,20,28H,11-13,15H2,1H3/t20-/m0/s1. The van der Waals surface area contributed by atoms with Crippen molar-refractivity contribution in [1.82, 2.24) is 9.97 Å². The normalized spacial score (nSPS) is 13.7. The predicted octanol–water partition coefficient (Wildman–Crippen LogP) is 3.41. The summed E-state index contributed by atoms with van der Waals surface area (Å²) in [5, 5.41) is 9.69. The Morgan fingerprint density at radius 3 is 2.72 bits per heavy atom. The van der Waals surface area contributed by atoms with Crippen molar-refractivity contribution in [3.05, 3.63) is 94.6 Å². The summed E-state index contributed by atoms with van der Waals surface area (Å²) >= 11 is 0. The highest BCUT2D eigenvalue weighted by atomic mass is 16.3. The van der Waals surface area contributed by atoms with Crippen molar-refractivity contribution in [2.75, 3.05) is 6.61 Å². The smallest absolute Gasteiger partial charge is 0.139 e. The van der Waals surface area contributed by atoms with Gasteiger partial charge >= 0.3 is 0 Å². The zero-order valence-electron chi connectivity index (χ0n) is 16.4. The molecule has 1 aliphatic rings. The first-order valence-corrected chi connectivity index (χ1v) is 9.77. The number of aliphatic imine (C=N–C) groups is 1. The molecule has 0 spiro atoms. The van der Waals surface area contributed by atoms with E-state index in [1.165, 1.54) is 0 Å². The highest BCUT2D eigenvalue weighted by Gasteiger charge is 2.20. The number of aromatic nitrogens is 2. The van der Waals surface area contributed by atoms with E-state index in [-0.39, 0.29) is 24.7 Å². The van der Waals surface area contributed by atoms with E-state index in [1.54, 1.807) is 6.20 Å². The lowest BCUT2D eigenvalue weighted by molar-refractivity contribution is -0.119. The van der Waals surface area contributed by atoms with Crippen LogP contribution in [-0.4, -0.2) is 33.2 Å². The van der Waals surface area contributed by atoms with Gasteiger partial charge in [0.25, 0.3) is 0 Å². The van der Waals surface area contributed by atoms with Crippen molar-refractivity contribution in [1.29, 1.82) is 0 Å². The Bertz CT molecular complexity index is 1060. The van der Waals surface area contributed by atoms with Crippen LogP contribution in [0.4, 0.5) is 0 Å². The summed E-state index contributed by atoms with van der Waals surface area (Å²) in [5.41, 5.74) is 6.76. The van der Waals surface area contributed by atoms with Gasteiger partial charge < -0.3 is 5.11 Å². The van der Waals surface area contributed by atoms with Gasteiger partial charge in [0, 0.05) is 53.7 Å². The van der Waals surface area contributed by atoms with Crippen LogP contribution in [-0.2, 0) is 17.8 Å². The lowest BCUT2D eigenvalue weighted by atomic mass is 9.93. The zero-order chi connectivity index (χ0) is 20.2. The molecule has 0 amide bonds. The van der Waals surface area contributed by atoms with Crippen LogP contribution in [0.1, 0.15) is 46.0 Å². The number of benzene rings is 1. The molecule has 5 heteroatoms. The lowest BCUT2D eigenvalue weighted by Gasteiger charge is -2.13. The summed E-state index contributed by atoms with van der Waals surface area (Å²) in [5.74, 6) is -0.104. The van der Waals surface area contributed by atoms with Gasteiger partial charge in [-0.2, -0.15) is 0 Å². The summed E-state index contributed by atoms with van der Waals surface area (Å²) in [7, 11) is 0. The maximum atomic E-state index is 12.6. The second-order valence-corrected chi connectivity index (χ2v) is 7.39. The van der Waals surface area contributed by atoms with Gasteiger partial charge in [0.2, 0.25) is 0 Å².